The van der Waals surface area contributed by atoms with Crippen molar-refractivity contribution in [3.05, 3.63) is 94.8 Å². The van der Waals surface area contributed by atoms with Crippen LogP contribution in [-0.2, 0) is 6.54 Å². The van der Waals surface area contributed by atoms with Crippen molar-refractivity contribution in [3.8, 4) is 17.1 Å². The van der Waals surface area contributed by atoms with Crippen LogP contribution < -0.4 is 0 Å². The monoisotopic (exact) mass is 389 g/mol. The van der Waals surface area contributed by atoms with Crippen LogP contribution >= 0.6 is 11.6 Å². The molecule has 0 bridgehead atoms. The normalized spacial score (nSPS) is 12.7. The SMILES string of the molecule is Fc1ccccc1C1=NCc2nnc(-c3ccncc3)n2-c2ccc(Cl)cc21. The van der Waals surface area contributed by atoms with E-state index in [9.17, 15) is 4.39 Å². The molecule has 1 aliphatic heterocycles. The summed E-state index contributed by atoms with van der Waals surface area (Å²) in [6.45, 7) is 0.272. The highest BCUT2D eigenvalue weighted by Gasteiger charge is 2.25. The van der Waals surface area contributed by atoms with E-state index in [0.717, 1.165) is 16.8 Å². The van der Waals surface area contributed by atoms with Crippen molar-refractivity contribution in [3.63, 3.8) is 0 Å². The maximum atomic E-state index is 14.5. The van der Waals surface area contributed by atoms with E-state index in [-0.39, 0.29) is 12.4 Å². The van der Waals surface area contributed by atoms with Gasteiger partial charge in [0.1, 0.15) is 12.4 Å². The summed E-state index contributed by atoms with van der Waals surface area (Å²) in [5.74, 6) is 1.01. The van der Waals surface area contributed by atoms with Gasteiger partial charge in [0.2, 0.25) is 0 Å². The first-order chi connectivity index (χ1) is 13.7. The summed E-state index contributed by atoms with van der Waals surface area (Å²) in [5.41, 5.74) is 3.38. The fraction of sp³-hybridized carbons (Fsp3) is 0.0476. The lowest BCUT2D eigenvalue weighted by Gasteiger charge is -2.14. The Hall–Kier alpha value is -3.38. The highest BCUT2D eigenvalue weighted by atomic mass is 35.5. The van der Waals surface area contributed by atoms with Gasteiger partial charge in [0.15, 0.2) is 11.6 Å². The molecule has 0 aliphatic carbocycles. The minimum Gasteiger partial charge on any atom is -0.277 e. The van der Waals surface area contributed by atoms with Crippen molar-refractivity contribution in [1.29, 1.82) is 0 Å². The van der Waals surface area contributed by atoms with E-state index >= 15 is 0 Å². The van der Waals surface area contributed by atoms with Crippen LogP contribution in [0.25, 0.3) is 17.1 Å². The Morgan fingerprint density at radius 2 is 1.75 bits per heavy atom. The van der Waals surface area contributed by atoms with Crippen LogP contribution in [-0.4, -0.2) is 25.5 Å². The van der Waals surface area contributed by atoms with E-state index in [1.165, 1.54) is 6.07 Å². The number of aromatic nitrogens is 4. The van der Waals surface area contributed by atoms with E-state index in [0.29, 0.717) is 27.9 Å². The van der Waals surface area contributed by atoms with Gasteiger partial charge in [-0.3, -0.25) is 14.5 Å². The highest BCUT2D eigenvalue weighted by Crippen LogP contribution is 2.31. The molecule has 5 rings (SSSR count). The van der Waals surface area contributed by atoms with E-state index < -0.39 is 0 Å². The zero-order chi connectivity index (χ0) is 19.1. The number of halogens is 2. The second-order valence-electron chi connectivity index (χ2n) is 6.32. The van der Waals surface area contributed by atoms with Crippen LogP contribution in [0.1, 0.15) is 17.0 Å². The summed E-state index contributed by atoms with van der Waals surface area (Å²) >= 11 is 6.28. The molecule has 0 fully saturated rings. The lowest BCUT2D eigenvalue weighted by atomic mass is 10.00. The summed E-state index contributed by atoms with van der Waals surface area (Å²) in [7, 11) is 0. The first-order valence-corrected chi connectivity index (χ1v) is 9.04. The Morgan fingerprint density at radius 1 is 0.929 bits per heavy atom. The number of rotatable bonds is 2. The lowest BCUT2D eigenvalue weighted by Crippen LogP contribution is -2.09. The first-order valence-electron chi connectivity index (χ1n) is 8.67. The Balaban J connectivity index is 1.78. The third-order valence-electron chi connectivity index (χ3n) is 4.63. The standard InChI is InChI=1S/C21H13ClFN5/c22-14-5-6-18-16(11-14)20(15-3-1-2-4-17(15)23)25-12-19-26-27-21(28(18)19)13-7-9-24-10-8-13/h1-11H,12H2. The van der Waals surface area contributed by atoms with Gasteiger partial charge in [-0.15, -0.1) is 10.2 Å². The number of hydrogen-bond acceptors (Lipinski definition) is 4. The molecule has 5 nitrogen and oxygen atoms in total. The van der Waals surface area contributed by atoms with Crippen LogP contribution in [0.4, 0.5) is 4.39 Å². The molecule has 2 aromatic heterocycles. The molecule has 3 heterocycles. The lowest BCUT2D eigenvalue weighted by molar-refractivity contribution is 0.625. The maximum Gasteiger partial charge on any atom is 0.168 e. The van der Waals surface area contributed by atoms with Gasteiger partial charge in [0.25, 0.3) is 0 Å². The molecule has 0 N–H and O–H groups in total. The minimum absolute atomic E-state index is 0.272. The predicted octanol–water partition coefficient (Wildman–Crippen LogP) is 4.47. The molecule has 28 heavy (non-hydrogen) atoms. The van der Waals surface area contributed by atoms with Gasteiger partial charge in [-0.1, -0.05) is 23.7 Å². The highest BCUT2D eigenvalue weighted by molar-refractivity contribution is 6.31. The number of benzene rings is 2. The molecule has 0 atom stereocenters. The summed E-state index contributed by atoms with van der Waals surface area (Å²) in [4.78, 5) is 8.73. The Morgan fingerprint density at radius 3 is 2.57 bits per heavy atom. The molecule has 2 aromatic carbocycles. The van der Waals surface area contributed by atoms with Gasteiger partial charge in [-0.05, 0) is 42.5 Å². The van der Waals surface area contributed by atoms with Crippen LogP contribution in [0.5, 0.6) is 0 Å². The molecule has 0 radical (unpaired) electrons. The number of hydrogen-bond donors (Lipinski definition) is 0. The average Bonchev–Trinajstić information content (AvgIpc) is 3.07. The molecule has 0 spiro atoms. The Kier molecular flexibility index (Phi) is 3.98. The smallest absolute Gasteiger partial charge is 0.168 e. The molecular formula is C21H13ClFN5. The number of nitrogens with zero attached hydrogens (tertiary/aromatic N) is 5. The molecule has 0 amide bonds. The summed E-state index contributed by atoms with van der Waals surface area (Å²) < 4.78 is 16.5. The van der Waals surface area contributed by atoms with Crippen LogP contribution in [0.2, 0.25) is 5.02 Å². The zero-order valence-electron chi connectivity index (χ0n) is 14.5. The molecular weight excluding hydrogens is 377 g/mol. The van der Waals surface area contributed by atoms with E-state index in [1.807, 2.05) is 22.8 Å². The summed E-state index contributed by atoms with van der Waals surface area (Å²) in [5, 5.41) is 9.23. The van der Waals surface area contributed by atoms with E-state index in [4.69, 9.17) is 11.6 Å². The van der Waals surface area contributed by atoms with Crippen LogP contribution in [0.3, 0.4) is 0 Å². The Bertz CT molecular complexity index is 1220. The molecule has 4 aromatic rings. The van der Waals surface area contributed by atoms with E-state index in [1.54, 1.807) is 42.7 Å². The third kappa shape index (κ3) is 2.70. The third-order valence-corrected chi connectivity index (χ3v) is 4.87. The molecule has 136 valence electrons. The van der Waals surface area contributed by atoms with Gasteiger partial charge in [0, 0.05) is 34.1 Å². The van der Waals surface area contributed by atoms with Gasteiger partial charge in [0.05, 0.1) is 11.4 Å². The van der Waals surface area contributed by atoms with Gasteiger partial charge in [-0.2, -0.15) is 0 Å². The van der Waals surface area contributed by atoms with Crippen LogP contribution in [0.15, 0.2) is 72.0 Å². The predicted molar refractivity (Wildman–Crippen MR) is 105 cm³/mol. The second-order valence-corrected chi connectivity index (χ2v) is 6.75. The fourth-order valence-electron chi connectivity index (χ4n) is 3.37. The minimum atomic E-state index is -0.334. The number of fused-ring (bicyclic) bond motifs is 3. The molecule has 0 saturated heterocycles. The number of pyridine rings is 1. The summed E-state index contributed by atoms with van der Waals surface area (Å²) in [6.07, 6.45) is 3.41. The fourth-order valence-corrected chi connectivity index (χ4v) is 3.54. The topological polar surface area (TPSA) is 56.0 Å². The Labute approximate surface area is 165 Å². The van der Waals surface area contributed by atoms with Crippen molar-refractivity contribution < 1.29 is 4.39 Å². The number of aliphatic imine (C=N–C) groups is 1. The average molecular weight is 390 g/mol. The first kappa shape index (κ1) is 16.8. The van der Waals surface area contributed by atoms with Crippen molar-refractivity contribution in [1.82, 2.24) is 19.7 Å². The maximum absolute atomic E-state index is 14.5. The quantitative estimate of drug-likeness (QED) is 0.508. The molecule has 7 heteroatoms. The molecule has 0 unspecified atom stereocenters. The molecule has 0 saturated carbocycles. The van der Waals surface area contributed by atoms with Gasteiger partial charge < -0.3 is 0 Å². The molecule has 1 aliphatic rings. The largest absolute Gasteiger partial charge is 0.277 e. The van der Waals surface area contributed by atoms with Crippen molar-refractivity contribution in [2.75, 3.05) is 0 Å². The summed E-state index contributed by atoms with van der Waals surface area (Å²) in [6, 6.07) is 15.8. The van der Waals surface area contributed by atoms with Gasteiger partial charge in [-0.25, -0.2) is 4.39 Å². The van der Waals surface area contributed by atoms with Crippen LogP contribution in [0, 0.1) is 5.82 Å². The zero-order valence-corrected chi connectivity index (χ0v) is 15.3. The van der Waals surface area contributed by atoms with Gasteiger partial charge >= 0.3 is 0 Å². The second kappa shape index (κ2) is 6.65. The van der Waals surface area contributed by atoms with Crippen molar-refractivity contribution in [2.45, 2.75) is 6.54 Å². The van der Waals surface area contributed by atoms with E-state index in [2.05, 4.69) is 20.2 Å². The van der Waals surface area contributed by atoms with Crippen molar-refractivity contribution in [2.24, 2.45) is 4.99 Å². The van der Waals surface area contributed by atoms with Crippen molar-refractivity contribution >= 4 is 17.3 Å².